The molecule has 2 aromatic carbocycles. The summed E-state index contributed by atoms with van der Waals surface area (Å²) in [5.74, 6) is -1.76. The Kier molecular flexibility index (Phi) is 5.32. The van der Waals surface area contributed by atoms with Crippen LogP contribution in [0.2, 0.25) is 0 Å². The molecule has 0 bridgehead atoms. The van der Waals surface area contributed by atoms with Gasteiger partial charge in [-0.25, -0.2) is 5.43 Å². The molecule has 6 nitrogen and oxygen atoms in total. The number of aromatic hydroxyl groups is 1. The molecule has 2 aromatic rings. The second kappa shape index (κ2) is 7.64. The standard InChI is InChI=1S/C18H16IN3O3/c19-13-6-7-15(23)12(8-13)9-21-22-18(25)16-14(10-20-17(16)24)11-4-2-1-3-5-11/h1-9,14,16,23H,10H2,(H,20,24)(H,22,25)/b21-9+. The Labute approximate surface area is 158 Å². The van der Waals surface area contributed by atoms with Crippen LogP contribution in [0.4, 0.5) is 0 Å². The third kappa shape index (κ3) is 3.98. The Morgan fingerprint density at radius 3 is 2.80 bits per heavy atom. The zero-order valence-electron chi connectivity index (χ0n) is 13.1. The highest BCUT2D eigenvalue weighted by molar-refractivity contribution is 14.1. The van der Waals surface area contributed by atoms with E-state index in [1.807, 2.05) is 30.3 Å². The molecular formula is C18H16IN3O3. The molecule has 2 amide bonds. The Balaban J connectivity index is 1.72. The van der Waals surface area contributed by atoms with Gasteiger partial charge in [0.1, 0.15) is 11.7 Å². The Hall–Kier alpha value is -2.42. The van der Waals surface area contributed by atoms with E-state index in [2.05, 4.69) is 38.4 Å². The lowest BCUT2D eigenvalue weighted by molar-refractivity contribution is -0.133. The molecule has 1 heterocycles. The number of carbonyl (C=O) groups excluding carboxylic acids is 2. The van der Waals surface area contributed by atoms with Crippen LogP contribution < -0.4 is 10.7 Å². The van der Waals surface area contributed by atoms with Crippen LogP contribution in [0.3, 0.4) is 0 Å². The second-order valence-corrected chi connectivity index (χ2v) is 6.92. The largest absolute Gasteiger partial charge is 0.507 e. The number of nitrogens with zero attached hydrogens (tertiary/aromatic N) is 1. The third-order valence-electron chi connectivity index (χ3n) is 4.06. The van der Waals surface area contributed by atoms with Crippen molar-refractivity contribution in [2.75, 3.05) is 6.54 Å². The highest BCUT2D eigenvalue weighted by Crippen LogP contribution is 2.29. The number of nitrogens with one attached hydrogen (secondary N) is 2. The predicted molar refractivity (Wildman–Crippen MR) is 102 cm³/mol. The molecule has 1 fully saturated rings. The number of rotatable bonds is 4. The van der Waals surface area contributed by atoms with Gasteiger partial charge in [-0.1, -0.05) is 30.3 Å². The molecule has 3 N–H and O–H groups in total. The van der Waals surface area contributed by atoms with E-state index in [9.17, 15) is 14.7 Å². The lowest BCUT2D eigenvalue weighted by atomic mass is 9.88. The maximum Gasteiger partial charge on any atom is 0.253 e. The van der Waals surface area contributed by atoms with E-state index in [-0.39, 0.29) is 17.6 Å². The molecule has 0 spiro atoms. The summed E-state index contributed by atoms with van der Waals surface area (Å²) in [4.78, 5) is 24.5. The van der Waals surface area contributed by atoms with Crippen molar-refractivity contribution < 1.29 is 14.7 Å². The van der Waals surface area contributed by atoms with Crippen LogP contribution in [0.1, 0.15) is 17.0 Å². The zero-order chi connectivity index (χ0) is 17.8. The van der Waals surface area contributed by atoms with E-state index in [1.165, 1.54) is 6.21 Å². The van der Waals surface area contributed by atoms with Crippen LogP contribution in [-0.2, 0) is 9.59 Å². The average molecular weight is 449 g/mol. The van der Waals surface area contributed by atoms with Gasteiger partial charge in [0.05, 0.1) is 6.21 Å². The van der Waals surface area contributed by atoms with E-state index < -0.39 is 11.8 Å². The number of amides is 2. The number of phenolic OH excluding ortho intramolecular Hbond substituents is 1. The van der Waals surface area contributed by atoms with Gasteiger partial charge in [-0.15, -0.1) is 0 Å². The smallest absolute Gasteiger partial charge is 0.253 e. The van der Waals surface area contributed by atoms with E-state index in [0.717, 1.165) is 9.13 Å². The van der Waals surface area contributed by atoms with E-state index >= 15 is 0 Å². The highest BCUT2D eigenvalue weighted by atomic mass is 127. The average Bonchev–Trinajstić information content (AvgIpc) is 3.00. The lowest BCUT2D eigenvalue weighted by Crippen LogP contribution is -2.34. The van der Waals surface area contributed by atoms with Crippen LogP contribution in [0, 0.1) is 9.49 Å². The van der Waals surface area contributed by atoms with Crippen molar-refractivity contribution in [1.29, 1.82) is 0 Å². The Morgan fingerprint density at radius 1 is 1.28 bits per heavy atom. The predicted octanol–water partition coefficient (Wildman–Crippen LogP) is 1.98. The number of halogens is 1. The first-order valence-corrected chi connectivity index (χ1v) is 8.78. The Morgan fingerprint density at radius 2 is 2.04 bits per heavy atom. The van der Waals surface area contributed by atoms with Gasteiger partial charge in [0.25, 0.3) is 5.91 Å². The van der Waals surface area contributed by atoms with Gasteiger partial charge in [-0.3, -0.25) is 9.59 Å². The molecule has 1 aliphatic rings. The minimum absolute atomic E-state index is 0.0687. The molecule has 3 rings (SSSR count). The quantitative estimate of drug-likeness (QED) is 0.289. The molecule has 1 aliphatic heterocycles. The summed E-state index contributed by atoms with van der Waals surface area (Å²) >= 11 is 2.12. The Bertz CT molecular complexity index is 824. The van der Waals surface area contributed by atoms with E-state index in [0.29, 0.717) is 12.1 Å². The third-order valence-corrected chi connectivity index (χ3v) is 4.73. The van der Waals surface area contributed by atoms with Crippen molar-refractivity contribution in [3.8, 4) is 5.75 Å². The van der Waals surface area contributed by atoms with Crippen LogP contribution in [0.15, 0.2) is 53.6 Å². The summed E-state index contributed by atoms with van der Waals surface area (Å²) in [6.45, 7) is 0.419. The molecule has 0 aliphatic carbocycles. The fraction of sp³-hybridized carbons (Fsp3) is 0.167. The molecule has 1 saturated heterocycles. The molecular weight excluding hydrogens is 433 g/mol. The fourth-order valence-electron chi connectivity index (χ4n) is 2.80. The van der Waals surface area contributed by atoms with Gasteiger partial charge < -0.3 is 10.4 Å². The SMILES string of the molecule is O=C1NCC(c2ccccc2)C1C(=O)N/N=C/c1cc(I)ccc1O. The minimum Gasteiger partial charge on any atom is -0.507 e. The summed E-state index contributed by atoms with van der Waals surface area (Å²) < 4.78 is 0.933. The monoisotopic (exact) mass is 449 g/mol. The summed E-state index contributed by atoms with van der Waals surface area (Å²) in [6, 6.07) is 14.5. The van der Waals surface area contributed by atoms with Crippen molar-refractivity contribution in [2.24, 2.45) is 11.0 Å². The van der Waals surface area contributed by atoms with Crippen molar-refractivity contribution >= 4 is 40.6 Å². The number of carbonyl (C=O) groups is 2. The van der Waals surface area contributed by atoms with Gasteiger partial charge in [0.15, 0.2) is 0 Å². The molecule has 2 atom stereocenters. The van der Waals surface area contributed by atoms with Gasteiger partial charge in [0, 0.05) is 21.6 Å². The molecule has 2 unspecified atom stereocenters. The van der Waals surface area contributed by atoms with Gasteiger partial charge >= 0.3 is 0 Å². The first-order chi connectivity index (χ1) is 12.1. The maximum atomic E-state index is 12.4. The second-order valence-electron chi connectivity index (χ2n) is 5.68. The number of benzene rings is 2. The molecule has 0 radical (unpaired) electrons. The zero-order valence-corrected chi connectivity index (χ0v) is 15.3. The van der Waals surface area contributed by atoms with Gasteiger partial charge in [0.2, 0.25) is 5.91 Å². The molecule has 0 saturated carbocycles. The fourth-order valence-corrected chi connectivity index (χ4v) is 3.31. The highest BCUT2D eigenvalue weighted by Gasteiger charge is 2.40. The van der Waals surface area contributed by atoms with Gasteiger partial charge in [-0.2, -0.15) is 5.10 Å². The normalized spacial score (nSPS) is 19.8. The number of hydrogen-bond acceptors (Lipinski definition) is 4. The molecule has 7 heteroatoms. The van der Waals surface area contributed by atoms with Crippen LogP contribution in [0.5, 0.6) is 5.75 Å². The van der Waals surface area contributed by atoms with Crippen LogP contribution >= 0.6 is 22.6 Å². The maximum absolute atomic E-state index is 12.4. The molecule has 0 aromatic heterocycles. The topological polar surface area (TPSA) is 90.8 Å². The summed E-state index contributed by atoms with van der Waals surface area (Å²) in [5, 5.41) is 16.4. The molecule has 128 valence electrons. The van der Waals surface area contributed by atoms with Crippen molar-refractivity contribution in [3.05, 3.63) is 63.2 Å². The minimum atomic E-state index is -0.830. The van der Waals surface area contributed by atoms with E-state index in [4.69, 9.17) is 0 Å². The van der Waals surface area contributed by atoms with Crippen molar-refractivity contribution in [2.45, 2.75) is 5.92 Å². The lowest BCUT2D eigenvalue weighted by Gasteiger charge is -2.15. The number of hydrazone groups is 1. The van der Waals surface area contributed by atoms with E-state index in [1.54, 1.807) is 18.2 Å². The van der Waals surface area contributed by atoms with Crippen molar-refractivity contribution in [1.82, 2.24) is 10.7 Å². The van der Waals surface area contributed by atoms with Gasteiger partial charge in [-0.05, 0) is 46.4 Å². The first kappa shape index (κ1) is 17.4. The first-order valence-electron chi connectivity index (χ1n) is 7.70. The van der Waals surface area contributed by atoms with Crippen LogP contribution in [-0.4, -0.2) is 29.7 Å². The summed E-state index contributed by atoms with van der Waals surface area (Å²) in [6.07, 6.45) is 1.36. The molecule has 25 heavy (non-hydrogen) atoms. The number of hydrogen-bond donors (Lipinski definition) is 3. The number of phenols is 1. The summed E-state index contributed by atoms with van der Waals surface area (Å²) in [5.41, 5.74) is 3.83. The van der Waals surface area contributed by atoms with Crippen molar-refractivity contribution in [3.63, 3.8) is 0 Å². The van der Waals surface area contributed by atoms with Crippen LogP contribution in [0.25, 0.3) is 0 Å². The summed E-state index contributed by atoms with van der Waals surface area (Å²) in [7, 11) is 0.